The lowest BCUT2D eigenvalue weighted by molar-refractivity contribution is -0.113. The van der Waals surface area contributed by atoms with Gasteiger partial charge in [0.15, 0.2) is 27.8 Å². The first kappa shape index (κ1) is 18.3. The van der Waals surface area contributed by atoms with Gasteiger partial charge in [0.1, 0.15) is 0 Å². The van der Waals surface area contributed by atoms with E-state index in [1.807, 2.05) is 30.3 Å². The van der Waals surface area contributed by atoms with E-state index in [0.29, 0.717) is 28.0 Å². The third-order valence-corrected chi connectivity index (χ3v) is 5.36. The topological polar surface area (TPSA) is 111 Å². The molecule has 10 heteroatoms. The number of thioether (sulfide) groups is 1. The van der Waals surface area contributed by atoms with Crippen molar-refractivity contribution >= 4 is 34.5 Å². The third kappa shape index (κ3) is 3.37. The van der Waals surface area contributed by atoms with Gasteiger partial charge in [-0.3, -0.25) is 14.2 Å². The number of carbonyl (C=O) groups excluding carboxylic acids is 1. The second-order valence-corrected chi connectivity index (χ2v) is 7.32. The van der Waals surface area contributed by atoms with Crippen LogP contribution in [0.2, 0.25) is 0 Å². The maximum absolute atomic E-state index is 12.5. The Hall–Kier alpha value is -3.79. The molecule has 0 spiro atoms. The molecule has 2 N–H and O–H groups in total. The summed E-state index contributed by atoms with van der Waals surface area (Å²) < 4.78 is 12.4. The predicted molar refractivity (Wildman–Crippen MR) is 111 cm³/mol. The number of nitrogens with one attached hydrogen (secondary N) is 2. The number of aromatic amines is 1. The van der Waals surface area contributed by atoms with Crippen molar-refractivity contribution in [3.8, 4) is 17.2 Å². The highest BCUT2D eigenvalue weighted by Crippen LogP contribution is 2.34. The quantitative estimate of drug-likeness (QED) is 0.477. The molecule has 4 aromatic rings. The Morgan fingerprint density at radius 3 is 2.87 bits per heavy atom. The normalized spacial score (nSPS) is 12.3. The summed E-state index contributed by atoms with van der Waals surface area (Å²) in [5, 5.41) is 3.33. The van der Waals surface area contributed by atoms with E-state index in [0.717, 1.165) is 5.69 Å². The molecule has 0 aliphatic carbocycles. The summed E-state index contributed by atoms with van der Waals surface area (Å²) in [5.41, 5.74) is 1.74. The average molecular weight is 421 g/mol. The molecule has 0 fully saturated rings. The van der Waals surface area contributed by atoms with Crippen molar-refractivity contribution in [1.29, 1.82) is 0 Å². The van der Waals surface area contributed by atoms with Crippen LogP contribution in [0.4, 0.5) is 5.69 Å². The van der Waals surface area contributed by atoms with Crippen LogP contribution in [0.15, 0.2) is 64.8 Å². The van der Waals surface area contributed by atoms with Crippen LogP contribution in [0.25, 0.3) is 16.9 Å². The number of hydrogen-bond acceptors (Lipinski definition) is 7. The van der Waals surface area contributed by atoms with Gasteiger partial charge < -0.3 is 19.8 Å². The molecule has 1 aliphatic heterocycles. The van der Waals surface area contributed by atoms with Gasteiger partial charge in [0.05, 0.1) is 12.1 Å². The van der Waals surface area contributed by atoms with Gasteiger partial charge in [-0.15, -0.1) is 0 Å². The zero-order valence-electron chi connectivity index (χ0n) is 15.5. The van der Waals surface area contributed by atoms with Gasteiger partial charge in [0.25, 0.3) is 5.56 Å². The Bertz CT molecular complexity index is 1300. The molecule has 150 valence electrons. The Morgan fingerprint density at radius 1 is 1.17 bits per heavy atom. The number of H-pyrrole nitrogens is 1. The van der Waals surface area contributed by atoms with Crippen LogP contribution in [0, 0.1) is 0 Å². The van der Waals surface area contributed by atoms with Gasteiger partial charge in [0, 0.05) is 17.4 Å². The van der Waals surface area contributed by atoms with Crippen molar-refractivity contribution in [1.82, 2.24) is 19.5 Å². The maximum atomic E-state index is 12.5. The number of ether oxygens (including phenoxy) is 2. The first-order valence-corrected chi connectivity index (χ1v) is 10.0. The molecule has 3 heterocycles. The number of imidazole rings is 1. The SMILES string of the molecule is O=C(CSc1nc2c(=O)[nH]cnc2n1-c1ccccc1)Nc1ccc2c(c1)OCO2. The second kappa shape index (κ2) is 7.56. The van der Waals surface area contributed by atoms with Gasteiger partial charge in [-0.05, 0) is 24.3 Å². The lowest BCUT2D eigenvalue weighted by Gasteiger charge is -2.09. The van der Waals surface area contributed by atoms with Gasteiger partial charge in [-0.25, -0.2) is 9.97 Å². The predicted octanol–water partition coefficient (Wildman–Crippen LogP) is 2.57. The zero-order valence-corrected chi connectivity index (χ0v) is 16.3. The van der Waals surface area contributed by atoms with Gasteiger partial charge >= 0.3 is 0 Å². The van der Waals surface area contributed by atoms with Crippen molar-refractivity contribution in [2.45, 2.75) is 5.16 Å². The van der Waals surface area contributed by atoms with E-state index in [4.69, 9.17) is 9.47 Å². The summed E-state index contributed by atoms with van der Waals surface area (Å²) in [5.74, 6) is 1.13. The Balaban J connectivity index is 1.39. The fourth-order valence-corrected chi connectivity index (χ4v) is 3.90. The summed E-state index contributed by atoms with van der Waals surface area (Å²) in [6, 6.07) is 14.7. The summed E-state index contributed by atoms with van der Waals surface area (Å²) in [4.78, 5) is 35.9. The monoisotopic (exact) mass is 421 g/mol. The Morgan fingerprint density at radius 2 is 2.00 bits per heavy atom. The van der Waals surface area contributed by atoms with Crippen molar-refractivity contribution in [2.75, 3.05) is 17.9 Å². The van der Waals surface area contributed by atoms with E-state index in [1.165, 1.54) is 18.1 Å². The lowest BCUT2D eigenvalue weighted by atomic mass is 10.3. The number of carbonyl (C=O) groups is 1. The molecule has 1 aliphatic rings. The Labute approximate surface area is 174 Å². The number of anilines is 1. The number of amides is 1. The highest BCUT2D eigenvalue weighted by atomic mass is 32.2. The van der Waals surface area contributed by atoms with Crippen LogP contribution in [0.1, 0.15) is 0 Å². The third-order valence-electron chi connectivity index (χ3n) is 4.42. The minimum Gasteiger partial charge on any atom is -0.454 e. The first-order chi connectivity index (χ1) is 14.7. The molecular formula is C20H15N5O4S. The minimum absolute atomic E-state index is 0.0997. The van der Waals surface area contributed by atoms with Crippen LogP contribution in [0.5, 0.6) is 11.5 Å². The molecule has 2 aromatic heterocycles. The van der Waals surface area contributed by atoms with Crippen molar-refractivity contribution in [3.63, 3.8) is 0 Å². The number of para-hydroxylation sites is 1. The smallest absolute Gasteiger partial charge is 0.278 e. The van der Waals surface area contributed by atoms with Crippen LogP contribution in [-0.4, -0.2) is 38.0 Å². The summed E-state index contributed by atoms with van der Waals surface area (Å²) in [6.45, 7) is 0.172. The molecule has 30 heavy (non-hydrogen) atoms. The molecule has 1 amide bonds. The highest BCUT2D eigenvalue weighted by molar-refractivity contribution is 7.99. The molecule has 2 aromatic carbocycles. The molecule has 0 saturated carbocycles. The molecule has 0 saturated heterocycles. The van der Waals surface area contributed by atoms with Crippen molar-refractivity contribution < 1.29 is 14.3 Å². The number of rotatable bonds is 5. The number of benzene rings is 2. The zero-order chi connectivity index (χ0) is 20.5. The molecule has 0 atom stereocenters. The van der Waals surface area contributed by atoms with E-state index in [1.54, 1.807) is 22.8 Å². The van der Waals surface area contributed by atoms with Crippen molar-refractivity contribution in [3.05, 3.63) is 65.2 Å². The summed E-state index contributed by atoms with van der Waals surface area (Å²) >= 11 is 1.22. The van der Waals surface area contributed by atoms with Gasteiger partial charge in [-0.2, -0.15) is 0 Å². The van der Waals surface area contributed by atoms with Gasteiger partial charge in [-0.1, -0.05) is 30.0 Å². The first-order valence-electron chi connectivity index (χ1n) is 9.03. The Kier molecular flexibility index (Phi) is 4.60. The standard InChI is InChI=1S/C20H15N5O4S/c26-16(23-12-6-7-14-15(8-12)29-11-28-14)9-30-20-24-17-18(21-10-22-19(17)27)25(20)13-4-2-1-3-5-13/h1-8,10H,9,11H2,(H,23,26)(H,21,22,27). The molecular weight excluding hydrogens is 406 g/mol. The summed E-state index contributed by atoms with van der Waals surface area (Å²) in [7, 11) is 0. The minimum atomic E-state index is -0.332. The van der Waals surface area contributed by atoms with Crippen LogP contribution < -0.4 is 20.3 Å². The molecule has 0 radical (unpaired) electrons. The second-order valence-electron chi connectivity index (χ2n) is 6.37. The lowest BCUT2D eigenvalue weighted by Crippen LogP contribution is -2.14. The summed E-state index contributed by atoms with van der Waals surface area (Å²) in [6.07, 6.45) is 1.34. The van der Waals surface area contributed by atoms with E-state index in [2.05, 4.69) is 20.3 Å². The van der Waals surface area contributed by atoms with Crippen LogP contribution in [-0.2, 0) is 4.79 Å². The number of hydrogen-bond donors (Lipinski definition) is 2. The van der Waals surface area contributed by atoms with Crippen LogP contribution >= 0.6 is 11.8 Å². The highest BCUT2D eigenvalue weighted by Gasteiger charge is 2.18. The fraction of sp³-hybridized carbons (Fsp3) is 0.100. The number of aromatic nitrogens is 4. The van der Waals surface area contributed by atoms with Crippen LogP contribution in [0.3, 0.4) is 0 Å². The number of nitrogens with zero attached hydrogens (tertiary/aromatic N) is 3. The largest absolute Gasteiger partial charge is 0.454 e. The fourth-order valence-electron chi connectivity index (χ4n) is 3.09. The average Bonchev–Trinajstić information content (AvgIpc) is 3.37. The number of fused-ring (bicyclic) bond motifs is 2. The maximum Gasteiger partial charge on any atom is 0.278 e. The van der Waals surface area contributed by atoms with E-state index < -0.39 is 0 Å². The molecule has 9 nitrogen and oxygen atoms in total. The molecule has 5 rings (SSSR count). The molecule has 0 unspecified atom stereocenters. The van der Waals surface area contributed by atoms with E-state index >= 15 is 0 Å². The van der Waals surface area contributed by atoms with E-state index in [9.17, 15) is 9.59 Å². The molecule has 0 bridgehead atoms. The van der Waals surface area contributed by atoms with Gasteiger partial charge in [0.2, 0.25) is 12.7 Å². The van der Waals surface area contributed by atoms with E-state index in [-0.39, 0.29) is 29.5 Å². The van der Waals surface area contributed by atoms with Crippen molar-refractivity contribution in [2.24, 2.45) is 0 Å².